The monoisotopic (exact) mass is 319 g/mol. The van der Waals surface area contributed by atoms with E-state index in [1.165, 1.54) is 6.07 Å². The van der Waals surface area contributed by atoms with Gasteiger partial charge in [0.25, 0.3) is 5.56 Å². The number of aromatic amines is 1. The van der Waals surface area contributed by atoms with E-state index in [0.717, 1.165) is 5.56 Å². The molecule has 0 bridgehead atoms. The maximum atomic E-state index is 12.4. The van der Waals surface area contributed by atoms with Crippen molar-refractivity contribution in [3.05, 3.63) is 70.1 Å². The molecule has 2 aromatic carbocycles. The average molecular weight is 319 g/mol. The lowest BCUT2D eigenvalue weighted by Crippen LogP contribution is -2.12. The van der Waals surface area contributed by atoms with Gasteiger partial charge in [-0.15, -0.1) is 0 Å². The van der Waals surface area contributed by atoms with Crippen LogP contribution in [-0.2, 0) is 0 Å². The molecule has 24 heavy (non-hydrogen) atoms. The number of aromatic carboxylic acids is 1. The van der Waals surface area contributed by atoms with E-state index in [0.29, 0.717) is 28.1 Å². The van der Waals surface area contributed by atoms with E-state index in [1.54, 1.807) is 23.5 Å². The van der Waals surface area contributed by atoms with E-state index in [-0.39, 0.29) is 11.1 Å². The molecule has 2 heterocycles. The summed E-state index contributed by atoms with van der Waals surface area (Å²) in [6, 6.07) is 14.1. The lowest BCUT2D eigenvalue weighted by Gasteiger charge is -2.07. The van der Waals surface area contributed by atoms with E-state index in [9.17, 15) is 14.7 Å². The molecule has 0 aliphatic heterocycles. The van der Waals surface area contributed by atoms with Crippen LogP contribution in [0.3, 0.4) is 0 Å². The number of aromatic nitrogens is 3. The number of carboxylic acids is 1. The average Bonchev–Trinajstić information content (AvgIpc) is 2.94. The molecule has 0 saturated carbocycles. The Kier molecular flexibility index (Phi) is 2.99. The molecule has 118 valence electrons. The van der Waals surface area contributed by atoms with Gasteiger partial charge >= 0.3 is 5.97 Å². The summed E-state index contributed by atoms with van der Waals surface area (Å²) < 4.78 is 1.73. The highest BCUT2D eigenvalue weighted by Crippen LogP contribution is 2.25. The number of nitrogens with one attached hydrogen (secondary N) is 1. The second kappa shape index (κ2) is 5.06. The largest absolute Gasteiger partial charge is 0.478 e. The molecule has 4 aromatic rings. The maximum absolute atomic E-state index is 12.4. The molecule has 0 radical (unpaired) electrons. The third-order valence-corrected chi connectivity index (χ3v) is 4.03. The van der Waals surface area contributed by atoms with Gasteiger partial charge in [0.2, 0.25) is 0 Å². The van der Waals surface area contributed by atoms with Crippen LogP contribution in [0.25, 0.3) is 27.9 Å². The van der Waals surface area contributed by atoms with Crippen molar-refractivity contribution in [3.63, 3.8) is 0 Å². The van der Waals surface area contributed by atoms with Gasteiger partial charge in [0.15, 0.2) is 0 Å². The highest BCUT2D eigenvalue weighted by atomic mass is 16.4. The van der Waals surface area contributed by atoms with Gasteiger partial charge in [-0.05, 0) is 25.1 Å². The van der Waals surface area contributed by atoms with E-state index in [4.69, 9.17) is 0 Å². The SMILES string of the molecule is Cc1nc(-c2ccccc2)n2c1c(=O)[nH]c1ccc(C(=O)O)cc12. The van der Waals surface area contributed by atoms with E-state index in [2.05, 4.69) is 9.97 Å². The van der Waals surface area contributed by atoms with Crippen LogP contribution >= 0.6 is 0 Å². The summed E-state index contributed by atoms with van der Waals surface area (Å²) in [5.41, 5.74) is 2.94. The predicted molar refractivity (Wildman–Crippen MR) is 90.5 cm³/mol. The fourth-order valence-corrected chi connectivity index (χ4v) is 2.95. The molecule has 6 nitrogen and oxygen atoms in total. The van der Waals surface area contributed by atoms with Crippen molar-refractivity contribution in [2.75, 3.05) is 0 Å². The molecule has 0 fully saturated rings. The van der Waals surface area contributed by atoms with Crippen LogP contribution in [0.1, 0.15) is 16.1 Å². The van der Waals surface area contributed by atoms with Crippen molar-refractivity contribution in [2.24, 2.45) is 0 Å². The zero-order valence-corrected chi connectivity index (χ0v) is 12.8. The Labute approximate surface area is 136 Å². The third-order valence-electron chi connectivity index (χ3n) is 4.03. The highest BCUT2D eigenvalue weighted by Gasteiger charge is 2.17. The molecule has 0 aliphatic carbocycles. The van der Waals surface area contributed by atoms with Crippen LogP contribution in [0, 0.1) is 6.92 Å². The number of hydrogen-bond acceptors (Lipinski definition) is 3. The number of carboxylic acid groups (broad SMARTS) is 1. The van der Waals surface area contributed by atoms with Gasteiger partial charge < -0.3 is 10.1 Å². The van der Waals surface area contributed by atoms with Crippen molar-refractivity contribution in [2.45, 2.75) is 6.92 Å². The zero-order valence-electron chi connectivity index (χ0n) is 12.8. The quantitative estimate of drug-likeness (QED) is 0.595. The van der Waals surface area contributed by atoms with Gasteiger partial charge in [-0.25, -0.2) is 9.78 Å². The number of fused-ring (bicyclic) bond motifs is 3. The number of hydrogen-bond donors (Lipinski definition) is 2. The van der Waals surface area contributed by atoms with E-state index in [1.807, 2.05) is 30.3 Å². The number of carbonyl (C=O) groups is 1. The van der Waals surface area contributed by atoms with Crippen LogP contribution in [0.5, 0.6) is 0 Å². The van der Waals surface area contributed by atoms with Crippen LogP contribution in [0.2, 0.25) is 0 Å². The number of imidazole rings is 1. The maximum Gasteiger partial charge on any atom is 0.335 e. The van der Waals surface area contributed by atoms with Gasteiger partial charge in [0.05, 0.1) is 22.3 Å². The first-order valence-corrected chi connectivity index (χ1v) is 7.40. The second-order valence-corrected chi connectivity index (χ2v) is 5.56. The van der Waals surface area contributed by atoms with Crippen LogP contribution in [0.4, 0.5) is 0 Å². The Bertz CT molecular complexity index is 1160. The zero-order chi connectivity index (χ0) is 16.8. The minimum absolute atomic E-state index is 0.154. The van der Waals surface area contributed by atoms with E-state index >= 15 is 0 Å². The van der Waals surface area contributed by atoms with Crippen molar-refractivity contribution in [1.29, 1.82) is 0 Å². The van der Waals surface area contributed by atoms with E-state index < -0.39 is 5.97 Å². The molecule has 6 heteroatoms. The van der Waals surface area contributed by atoms with Crippen molar-refractivity contribution >= 4 is 22.5 Å². The topological polar surface area (TPSA) is 87.5 Å². The van der Waals surface area contributed by atoms with Gasteiger partial charge in [0.1, 0.15) is 11.3 Å². The molecular weight excluding hydrogens is 306 g/mol. The number of rotatable bonds is 2. The molecule has 4 rings (SSSR count). The van der Waals surface area contributed by atoms with Gasteiger partial charge in [-0.1, -0.05) is 30.3 Å². The normalized spacial score (nSPS) is 11.2. The summed E-state index contributed by atoms with van der Waals surface area (Å²) in [5.74, 6) is -0.406. The fraction of sp³-hybridized carbons (Fsp3) is 0.0556. The fourth-order valence-electron chi connectivity index (χ4n) is 2.95. The van der Waals surface area contributed by atoms with Crippen LogP contribution < -0.4 is 5.56 Å². The van der Waals surface area contributed by atoms with Gasteiger partial charge in [0, 0.05) is 5.56 Å². The van der Waals surface area contributed by atoms with Crippen molar-refractivity contribution < 1.29 is 9.90 Å². The minimum atomic E-state index is -1.02. The van der Waals surface area contributed by atoms with Crippen LogP contribution in [-0.4, -0.2) is 25.4 Å². The molecule has 0 atom stereocenters. The molecule has 2 N–H and O–H groups in total. The summed E-state index contributed by atoms with van der Waals surface area (Å²) in [5, 5.41) is 9.27. The summed E-state index contributed by atoms with van der Waals surface area (Å²) in [4.78, 5) is 31.1. The molecule has 0 aliphatic rings. The number of benzene rings is 2. The van der Waals surface area contributed by atoms with Gasteiger partial charge in [-0.3, -0.25) is 9.20 Å². The lowest BCUT2D eigenvalue weighted by molar-refractivity contribution is 0.0697. The minimum Gasteiger partial charge on any atom is -0.478 e. The molecule has 2 aromatic heterocycles. The number of nitrogens with zero attached hydrogens (tertiary/aromatic N) is 2. The Morgan fingerprint density at radius 1 is 1.17 bits per heavy atom. The summed E-state index contributed by atoms with van der Waals surface area (Å²) in [6.45, 7) is 1.77. The van der Waals surface area contributed by atoms with Gasteiger partial charge in [-0.2, -0.15) is 0 Å². The predicted octanol–water partition coefficient (Wildman–Crippen LogP) is 2.85. The first kappa shape index (κ1) is 14.2. The second-order valence-electron chi connectivity index (χ2n) is 5.56. The Morgan fingerprint density at radius 3 is 2.62 bits per heavy atom. The first-order valence-electron chi connectivity index (χ1n) is 7.40. The Hall–Kier alpha value is -3.41. The number of H-pyrrole nitrogens is 1. The summed E-state index contributed by atoms with van der Waals surface area (Å²) >= 11 is 0. The summed E-state index contributed by atoms with van der Waals surface area (Å²) in [7, 11) is 0. The highest BCUT2D eigenvalue weighted by molar-refractivity contribution is 5.93. The molecule has 0 amide bonds. The Morgan fingerprint density at radius 2 is 1.92 bits per heavy atom. The standard InChI is InChI=1S/C18H13N3O3/c1-10-15-17(22)20-13-8-7-12(18(23)24)9-14(13)21(15)16(19-10)11-5-3-2-4-6-11/h2-9H,1H3,(H,20,22)(H,23,24). The van der Waals surface area contributed by atoms with Crippen LogP contribution in [0.15, 0.2) is 53.3 Å². The molecular formula is C18H13N3O3. The third kappa shape index (κ3) is 2.00. The summed E-state index contributed by atoms with van der Waals surface area (Å²) in [6.07, 6.45) is 0. The molecule has 0 saturated heterocycles. The molecule has 0 spiro atoms. The lowest BCUT2D eigenvalue weighted by atomic mass is 10.1. The van der Waals surface area contributed by atoms with Crippen molar-refractivity contribution in [1.82, 2.24) is 14.4 Å². The smallest absolute Gasteiger partial charge is 0.335 e. The number of aryl methyl sites for hydroxylation is 1. The van der Waals surface area contributed by atoms with Crippen molar-refractivity contribution in [3.8, 4) is 11.4 Å². The molecule has 0 unspecified atom stereocenters. The Balaban J connectivity index is 2.22. The first-order chi connectivity index (χ1) is 11.6.